The smallest absolute Gasteiger partial charge is 0.407 e. The average molecular weight is 400 g/mol. The van der Waals surface area contributed by atoms with Gasteiger partial charge in [-0.3, -0.25) is 0 Å². The molecule has 2 aromatic carbocycles. The minimum atomic E-state index is -2.77. The van der Waals surface area contributed by atoms with Gasteiger partial charge in [-0.1, -0.05) is 81.4 Å². The fourth-order valence-corrected chi connectivity index (χ4v) is 9.08. The van der Waals surface area contributed by atoms with Crippen molar-refractivity contribution in [3.8, 4) is 0 Å². The topological polar surface area (TPSA) is 70.0 Å². The van der Waals surface area contributed by atoms with Crippen molar-refractivity contribution in [2.45, 2.75) is 44.4 Å². The van der Waals surface area contributed by atoms with Crippen LogP contribution in [0.2, 0.25) is 5.04 Å². The maximum Gasteiger partial charge on any atom is 0.407 e. The molecule has 1 heterocycles. The number of rotatable bonds is 5. The number of aliphatic hydroxyl groups is 1. The van der Waals surface area contributed by atoms with E-state index in [1.165, 1.54) is 4.90 Å². The third-order valence-corrected chi connectivity index (χ3v) is 10.7. The number of likely N-dealkylation sites (tertiary alicyclic amines) is 1. The molecule has 0 bridgehead atoms. The van der Waals surface area contributed by atoms with Crippen molar-refractivity contribution < 1.29 is 19.4 Å². The summed E-state index contributed by atoms with van der Waals surface area (Å²) < 4.78 is 6.99. The van der Waals surface area contributed by atoms with Gasteiger partial charge < -0.3 is 19.5 Å². The highest BCUT2D eigenvalue weighted by Gasteiger charge is 2.53. The van der Waals surface area contributed by atoms with Crippen LogP contribution in [-0.4, -0.2) is 54.8 Å². The van der Waals surface area contributed by atoms with Gasteiger partial charge in [0.1, 0.15) is 0 Å². The van der Waals surface area contributed by atoms with Crippen LogP contribution < -0.4 is 10.4 Å². The Kier molecular flexibility index (Phi) is 5.93. The second kappa shape index (κ2) is 8.07. The van der Waals surface area contributed by atoms with Crippen LogP contribution in [0.4, 0.5) is 4.79 Å². The second-order valence-electron chi connectivity index (χ2n) is 8.33. The van der Waals surface area contributed by atoms with Crippen LogP contribution in [-0.2, 0) is 4.43 Å². The van der Waals surface area contributed by atoms with Crippen LogP contribution >= 0.6 is 0 Å². The number of carbonyl (C=O) groups is 1. The van der Waals surface area contributed by atoms with E-state index in [4.69, 9.17) is 4.43 Å². The quantitative estimate of drug-likeness (QED) is 0.759. The molecule has 2 N–H and O–H groups in total. The Morgan fingerprint density at radius 1 is 1.07 bits per heavy atom. The summed E-state index contributed by atoms with van der Waals surface area (Å²) in [5.74, 6) is 0. The molecule has 1 aliphatic rings. The summed E-state index contributed by atoms with van der Waals surface area (Å²) in [6.07, 6.45) is -0.762. The Labute approximate surface area is 167 Å². The van der Waals surface area contributed by atoms with Crippen molar-refractivity contribution in [3.63, 3.8) is 0 Å². The van der Waals surface area contributed by atoms with Crippen molar-refractivity contribution in [2.75, 3.05) is 13.2 Å². The molecule has 5 nitrogen and oxygen atoms in total. The first-order valence-corrected chi connectivity index (χ1v) is 11.6. The standard InChI is InChI=1S/C22H29NO4Si/c1-22(2,3)28(17-10-6-4-7-11-17,18-12-8-5-9-13-18)27-20-14-15-23(21(25)26)19(20)16-24/h4-13,19-20,24H,14-16H2,1-3H3,(H,25,26)/t19-,20+/m1/s1. The lowest BCUT2D eigenvalue weighted by atomic mass is 10.2. The Hall–Kier alpha value is -2.15. The number of nitrogens with zero attached hydrogens (tertiary/aromatic N) is 1. The Morgan fingerprint density at radius 3 is 1.96 bits per heavy atom. The first-order chi connectivity index (χ1) is 13.3. The molecule has 1 fully saturated rings. The highest BCUT2D eigenvalue weighted by molar-refractivity contribution is 6.99. The molecule has 0 aliphatic carbocycles. The molecule has 0 unspecified atom stereocenters. The molecule has 3 rings (SSSR count). The van der Waals surface area contributed by atoms with Gasteiger partial charge in [-0.2, -0.15) is 0 Å². The zero-order valence-corrected chi connectivity index (χ0v) is 17.7. The van der Waals surface area contributed by atoms with E-state index in [0.717, 1.165) is 10.4 Å². The highest BCUT2D eigenvalue weighted by Crippen LogP contribution is 2.39. The third kappa shape index (κ3) is 3.59. The molecule has 28 heavy (non-hydrogen) atoms. The summed E-state index contributed by atoms with van der Waals surface area (Å²) in [6, 6.07) is 20.0. The van der Waals surface area contributed by atoms with Gasteiger partial charge in [0.2, 0.25) is 0 Å². The molecular weight excluding hydrogens is 370 g/mol. The molecule has 0 radical (unpaired) electrons. The van der Waals surface area contributed by atoms with E-state index in [9.17, 15) is 15.0 Å². The summed E-state index contributed by atoms with van der Waals surface area (Å²) in [6.45, 7) is 6.71. The number of carboxylic acid groups (broad SMARTS) is 1. The van der Waals surface area contributed by atoms with Gasteiger partial charge in [0.15, 0.2) is 0 Å². The normalized spacial score (nSPS) is 20.4. The summed E-state index contributed by atoms with van der Waals surface area (Å²) in [7, 11) is -2.77. The molecule has 0 aromatic heterocycles. The summed E-state index contributed by atoms with van der Waals surface area (Å²) in [5, 5.41) is 21.5. The van der Waals surface area contributed by atoms with Gasteiger partial charge in [0.05, 0.1) is 18.8 Å². The second-order valence-corrected chi connectivity index (χ2v) is 12.6. The van der Waals surface area contributed by atoms with E-state index in [-0.39, 0.29) is 17.7 Å². The van der Waals surface area contributed by atoms with E-state index in [0.29, 0.717) is 13.0 Å². The zero-order chi connectivity index (χ0) is 20.4. The zero-order valence-electron chi connectivity index (χ0n) is 16.7. The van der Waals surface area contributed by atoms with Crippen molar-refractivity contribution in [1.29, 1.82) is 0 Å². The van der Waals surface area contributed by atoms with E-state index in [1.54, 1.807) is 0 Å². The predicted molar refractivity (Wildman–Crippen MR) is 113 cm³/mol. The number of hydrogen-bond acceptors (Lipinski definition) is 3. The molecule has 0 spiro atoms. The van der Waals surface area contributed by atoms with Crippen molar-refractivity contribution in [1.82, 2.24) is 4.90 Å². The third-order valence-electron chi connectivity index (χ3n) is 5.66. The van der Waals surface area contributed by atoms with Crippen molar-refractivity contribution in [2.24, 2.45) is 0 Å². The molecule has 1 amide bonds. The number of hydrogen-bond donors (Lipinski definition) is 2. The van der Waals surface area contributed by atoms with Crippen LogP contribution in [0.25, 0.3) is 0 Å². The number of aliphatic hydroxyl groups excluding tert-OH is 1. The van der Waals surface area contributed by atoms with Crippen LogP contribution in [0.5, 0.6) is 0 Å². The summed E-state index contributed by atoms with van der Waals surface area (Å²) in [4.78, 5) is 12.9. The number of benzene rings is 2. The average Bonchev–Trinajstić information content (AvgIpc) is 3.09. The van der Waals surface area contributed by atoms with E-state index < -0.39 is 20.5 Å². The Bertz CT molecular complexity index is 752. The summed E-state index contributed by atoms with van der Waals surface area (Å²) >= 11 is 0. The maximum absolute atomic E-state index is 11.6. The van der Waals surface area contributed by atoms with Gasteiger partial charge in [-0.05, 0) is 21.8 Å². The monoisotopic (exact) mass is 399 g/mol. The van der Waals surface area contributed by atoms with Crippen molar-refractivity contribution in [3.05, 3.63) is 60.7 Å². The fourth-order valence-electron chi connectivity index (χ4n) is 4.33. The summed E-state index contributed by atoms with van der Waals surface area (Å²) in [5.41, 5.74) is 0. The van der Waals surface area contributed by atoms with Gasteiger partial charge in [-0.15, -0.1) is 0 Å². The van der Waals surface area contributed by atoms with Gasteiger partial charge in [-0.25, -0.2) is 4.79 Å². The fraction of sp³-hybridized carbons (Fsp3) is 0.409. The largest absolute Gasteiger partial charge is 0.465 e. The highest BCUT2D eigenvalue weighted by atomic mass is 28.4. The molecule has 1 saturated heterocycles. The van der Waals surface area contributed by atoms with Crippen LogP contribution in [0.1, 0.15) is 27.2 Å². The maximum atomic E-state index is 11.6. The van der Waals surface area contributed by atoms with E-state index in [1.807, 2.05) is 36.4 Å². The van der Waals surface area contributed by atoms with Crippen LogP contribution in [0.3, 0.4) is 0 Å². The van der Waals surface area contributed by atoms with E-state index >= 15 is 0 Å². The molecule has 0 saturated carbocycles. The Morgan fingerprint density at radius 2 is 1.57 bits per heavy atom. The molecule has 150 valence electrons. The number of amides is 1. The first kappa shape index (κ1) is 20.6. The van der Waals surface area contributed by atoms with Gasteiger partial charge >= 0.3 is 6.09 Å². The molecule has 6 heteroatoms. The molecular formula is C22H29NO4Si. The molecule has 1 aliphatic heterocycles. The molecule has 2 aromatic rings. The van der Waals surface area contributed by atoms with Crippen molar-refractivity contribution >= 4 is 24.8 Å². The SMILES string of the molecule is CC(C)(C)[Si](O[C@H]1CCN(C(=O)O)[C@@H]1CO)(c1ccccc1)c1ccccc1. The predicted octanol–water partition coefficient (Wildman–Crippen LogP) is 2.68. The van der Waals surface area contributed by atoms with E-state index in [2.05, 4.69) is 45.0 Å². The lowest BCUT2D eigenvalue weighted by molar-refractivity contribution is 0.0736. The lowest BCUT2D eigenvalue weighted by Crippen LogP contribution is -2.68. The molecule has 2 atom stereocenters. The van der Waals surface area contributed by atoms with Gasteiger partial charge in [0.25, 0.3) is 8.32 Å². The van der Waals surface area contributed by atoms with Crippen LogP contribution in [0, 0.1) is 0 Å². The Balaban J connectivity index is 2.13. The van der Waals surface area contributed by atoms with Gasteiger partial charge in [0, 0.05) is 6.54 Å². The first-order valence-electron chi connectivity index (χ1n) is 9.70. The van der Waals surface area contributed by atoms with Crippen LogP contribution in [0.15, 0.2) is 60.7 Å². The lowest BCUT2D eigenvalue weighted by Gasteiger charge is -2.45. The minimum Gasteiger partial charge on any atom is -0.465 e. The minimum absolute atomic E-state index is 0.188.